The molecule has 1 saturated heterocycles. The number of fused-ring (bicyclic) bond motifs is 1. The summed E-state index contributed by atoms with van der Waals surface area (Å²) in [5.41, 5.74) is 0.745. The number of ketones is 1. The Morgan fingerprint density at radius 2 is 2.09 bits per heavy atom. The summed E-state index contributed by atoms with van der Waals surface area (Å²) in [4.78, 5) is 33.6. The molecule has 1 aromatic rings. The van der Waals surface area contributed by atoms with Crippen LogP contribution >= 0.6 is 0 Å². The van der Waals surface area contributed by atoms with E-state index in [1.807, 2.05) is 18.2 Å². The third kappa shape index (κ3) is 2.62. The van der Waals surface area contributed by atoms with E-state index in [0.717, 1.165) is 25.0 Å². The van der Waals surface area contributed by atoms with Gasteiger partial charge in [0.05, 0.1) is 6.04 Å². The molecule has 1 N–H and O–H groups in total. The van der Waals surface area contributed by atoms with E-state index >= 15 is 0 Å². The van der Waals surface area contributed by atoms with E-state index in [2.05, 4.69) is 15.3 Å². The molecule has 2 fully saturated rings. The Morgan fingerprint density at radius 1 is 1.22 bits per heavy atom. The predicted octanol–water partition coefficient (Wildman–Crippen LogP) is 1.05. The molecule has 0 radical (unpaired) electrons. The Hall–Kier alpha value is -2.24. The van der Waals surface area contributed by atoms with Crippen molar-refractivity contribution in [3.8, 4) is 0 Å². The van der Waals surface area contributed by atoms with Gasteiger partial charge in [-0.25, -0.2) is 0 Å². The number of pyridine rings is 1. The second-order valence-corrected chi connectivity index (χ2v) is 6.40. The lowest BCUT2D eigenvalue weighted by Gasteiger charge is -2.23. The summed E-state index contributed by atoms with van der Waals surface area (Å²) in [7, 11) is 0. The Balaban J connectivity index is 1.50. The van der Waals surface area contributed by atoms with Crippen molar-refractivity contribution in [2.45, 2.75) is 50.3 Å². The molecule has 0 spiro atoms. The zero-order valence-electron chi connectivity index (χ0n) is 12.8. The lowest BCUT2D eigenvalue weighted by Crippen LogP contribution is -2.41. The van der Waals surface area contributed by atoms with Gasteiger partial charge in [0.2, 0.25) is 0 Å². The van der Waals surface area contributed by atoms with Crippen LogP contribution in [0.5, 0.6) is 0 Å². The SMILES string of the molecule is O=C1OC(Cc2ccccn2)C(=O)C1C1=NC2CCCCC2N1. The predicted molar refractivity (Wildman–Crippen MR) is 82.9 cm³/mol. The quantitative estimate of drug-likeness (QED) is 0.666. The van der Waals surface area contributed by atoms with E-state index in [-0.39, 0.29) is 17.9 Å². The van der Waals surface area contributed by atoms with E-state index in [0.29, 0.717) is 12.3 Å². The molecule has 6 heteroatoms. The summed E-state index contributed by atoms with van der Waals surface area (Å²) in [6.45, 7) is 0. The molecular weight excluding hydrogens is 294 g/mol. The van der Waals surface area contributed by atoms with Crippen molar-refractivity contribution < 1.29 is 14.3 Å². The van der Waals surface area contributed by atoms with Gasteiger partial charge < -0.3 is 10.1 Å². The number of nitrogens with zero attached hydrogens (tertiary/aromatic N) is 2. The second-order valence-electron chi connectivity index (χ2n) is 6.40. The maximum Gasteiger partial charge on any atom is 0.325 e. The van der Waals surface area contributed by atoms with E-state index in [1.165, 1.54) is 6.42 Å². The average molecular weight is 313 g/mol. The average Bonchev–Trinajstić information content (AvgIpc) is 3.09. The lowest BCUT2D eigenvalue weighted by atomic mass is 9.92. The number of amidine groups is 1. The van der Waals surface area contributed by atoms with E-state index < -0.39 is 18.0 Å². The van der Waals surface area contributed by atoms with Crippen LogP contribution in [0.15, 0.2) is 29.4 Å². The Labute approximate surface area is 134 Å². The number of aliphatic imine (C=N–C) groups is 1. The molecule has 23 heavy (non-hydrogen) atoms. The summed E-state index contributed by atoms with van der Waals surface area (Å²) in [5, 5.41) is 3.29. The highest BCUT2D eigenvalue weighted by Crippen LogP contribution is 2.29. The van der Waals surface area contributed by atoms with Crippen LogP contribution in [-0.2, 0) is 20.7 Å². The van der Waals surface area contributed by atoms with Crippen molar-refractivity contribution in [1.82, 2.24) is 10.3 Å². The van der Waals surface area contributed by atoms with Gasteiger partial charge in [-0.05, 0) is 25.0 Å². The molecule has 120 valence electrons. The van der Waals surface area contributed by atoms with Gasteiger partial charge >= 0.3 is 5.97 Å². The van der Waals surface area contributed by atoms with Crippen LogP contribution in [-0.4, -0.2) is 40.8 Å². The first-order valence-corrected chi connectivity index (χ1v) is 8.21. The number of esters is 1. The minimum absolute atomic E-state index is 0.203. The van der Waals surface area contributed by atoms with Crippen LogP contribution in [0.3, 0.4) is 0 Å². The molecule has 0 aromatic carbocycles. The number of Topliss-reactive ketones (excluding diaryl/α,β-unsaturated/α-hetero) is 1. The Morgan fingerprint density at radius 3 is 2.87 bits per heavy atom. The number of nitrogens with one attached hydrogen (secondary N) is 1. The van der Waals surface area contributed by atoms with Gasteiger partial charge in [0.25, 0.3) is 0 Å². The first kappa shape index (κ1) is 14.4. The van der Waals surface area contributed by atoms with Gasteiger partial charge in [-0.3, -0.25) is 19.6 Å². The van der Waals surface area contributed by atoms with Gasteiger partial charge in [-0.15, -0.1) is 0 Å². The number of carbonyl (C=O) groups is 2. The van der Waals surface area contributed by atoms with Gasteiger partial charge in [-0.1, -0.05) is 18.9 Å². The van der Waals surface area contributed by atoms with Crippen LogP contribution in [0.25, 0.3) is 0 Å². The second kappa shape index (κ2) is 5.76. The monoisotopic (exact) mass is 313 g/mol. The van der Waals surface area contributed by atoms with Crippen molar-refractivity contribution in [3.63, 3.8) is 0 Å². The molecule has 0 amide bonds. The van der Waals surface area contributed by atoms with Crippen molar-refractivity contribution in [3.05, 3.63) is 30.1 Å². The molecule has 3 aliphatic rings. The van der Waals surface area contributed by atoms with Crippen molar-refractivity contribution in [1.29, 1.82) is 0 Å². The number of rotatable bonds is 3. The summed E-state index contributed by atoms with van der Waals surface area (Å²) >= 11 is 0. The molecule has 1 saturated carbocycles. The summed E-state index contributed by atoms with van der Waals surface area (Å²) in [6, 6.07) is 5.97. The lowest BCUT2D eigenvalue weighted by molar-refractivity contribution is -0.143. The van der Waals surface area contributed by atoms with Crippen LogP contribution < -0.4 is 5.32 Å². The van der Waals surface area contributed by atoms with Crippen LogP contribution in [0.1, 0.15) is 31.4 Å². The van der Waals surface area contributed by atoms with Crippen LogP contribution in [0, 0.1) is 5.92 Å². The highest BCUT2D eigenvalue weighted by atomic mass is 16.6. The molecule has 4 rings (SSSR count). The summed E-state index contributed by atoms with van der Waals surface area (Å²) in [5.74, 6) is -1.05. The molecular formula is C17H19N3O3. The molecule has 4 atom stereocenters. The summed E-state index contributed by atoms with van der Waals surface area (Å²) in [6.07, 6.45) is 5.63. The summed E-state index contributed by atoms with van der Waals surface area (Å²) < 4.78 is 5.31. The van der Waals surface area contributed by atoms with Gasteiger partial charge in [0.15, 0.2) is 17.8 Å². The zero-order chi connectivity index (χ0) is 15.8. The third-order valence-corrected chi connectivity index (χ3v) is 4.86. The molecule has 0 bridgehead atoms. The Kier molecular flexibility index (Phi) is 3.59. The van der Waals surface area contributed by atoms with E-state index in [4.69, 9.17) is 4.74 Å². The van der Waals surface area contributed by atoms with Crippen molar-refractivity contribution >= 4 is 17.6 Å². The van der Waals surface area contributed by atoms with Crippen molar-refractivity contribution in [2.75, 3.05) is 0 Å². The van der Waals surface area contributed by atoms with Crippen molar-refractivity contribution in [2.24, 2.45) is 10.9 Å². The van der Waals surface area contributed by atoms with E-state index in [1.54, 1.807) is 6.20 Å². The van der Waals surface area contributed by atoms with Gasteiger partial charge in [-0.2, -0.15) is 0 Å². The first-order chi connectivity index (χ1) is 11.2. The molecule has 4 unspecified atom stereocenters. The highest BCUT2D eigenvalue weighted by Gasteiger charge is 2.49. The minimum Gasteiger partial charge on any atom is -0.453 e. The smallest absolute Gasteiger partial charge is 0.325 e. The third-order valence-electron chi connectivity index (χ3n) is 4.86. The number of carbonyl (C=O) groups excluding carboxylic acids is 2. The van der Waals surface area contributed by atoms with Crippen LogP contribution in [0.4, 0.5) is 0 Å². The molecule has 6 nitrogen and oxygen atoms in total. The molecule has 1 aliphatic carbocycles. The van der Waals surface area contributed by atoms with Crippen LogP contribution in [0.2, 0.25) is 0 Å². The minimum atomic E-state index is -0.880. The Bertz CT molecular complexity index is 658. The molecule has 1 aromatic heterocycles. The topological polar surface area (TPSA) is 80.7 Å². The maximum atomic E-state index is 12.6. The fraction of sp³-hybridized carbons (Fsp3) is 0.529. The fourth-order valence-electron chi connectivity index (χ4n) is 3.66. The normalized spacial score (nSPS) is 33.0. The first-order valence-electron chi connectivity index (χ1n) is 8.21. The largest absolute Gasteiger partial charge is 0.453 e. The maximum absolute atomic E-state index is 12.6. The highest BCUT2D eigenvalue weighted by molar-refractivity contribution is 6.23. The number of hydrogen-bond acceptors (Lipinski definition) is 6. The zero-order valence-corrected chi connectivity index (χ0v) is 12.8. The molecule has 3 heterocycles. The number of aromatic nitrogens is 1. The number of ether oxygens (including phenoxy) is 1. The van der Waals surface area contributed by atoms with E-state index in [9.17, 15) is 9.59 Å². The molecule has 2 aliphatic heterocycles. The van der Waals surface area contributed by atoms with Gasteiger partial charge in [0.1, 0.15) is 5.84 Å². The van der Waals surface area contributed by atoms with Gasteiger partial charge in [0, 0.05) is 24.4 Å². The number of cyclic esters (lactones) is 1. The standard InChI is InChI=1S/C17H19N3O3/c21-15-13(9-10-5-3-4-8-18-10)23-17(22)14(15)16-19-11-6-1-2-7-12(11)20-16/h3-5,8,11-14H,1-2,6-7,9H2,(H,19,20). The fourth-order valence-corrected chi connectivity index (χ4v) is 3.66. The number of hydrogen-bond donors (Lipinski definition) is 1.